The molecule has 0 aliphatic carbocycles. The maximum absolute atomic E-state index is 12.1. The summed E-state index contributed by atoms with van der Waals surface area (Å²) in [5.74, 6) is 0.334. The van der Waals surface area contributed by atoms with Gasteiger partial charge in [0.2, 0.25) is 0 Å². The van der Waals surface area contributed by atoms with Gasteiger partial charge < -0.3 is 4.74 Å². The topological polar surface area (TPSA) is 50.7 Å². The van der Waals surface area contributed by atoms with Gasteiger partial charge in [-0.1, -0.05) is 41.6 Å². The van der Waals surface area contributed by atoms with Gasteiger partial charge >= 0.3 is 0 Å². The predicted molar refractivity (Wildman–Crippen MR) is 110 cm³/mol. The normalized spacial score (nSPS) is 10.7. The number of carbonyl (C=O) groups is 1. The summed E-state index contributed by atoms with van der Waals surface area (Å²) in [4.78, 5) is 14.3. The highest BCUT2D eigenvalue weighted by atomic mass is 35.5. The standard InChI is InChI=1S/C21H17ClN2O2S/c1-26-18-4-2-3-16(13-18)21(25)24-23-14-15-5-9-19(10-6-15)27-20-11-7-17(22)8-12-20/h2-14H,1H3,(H,24,25)/b23-14-. The summed E-state index contributed by atoms with van der Waals surface area (Å²) in [7, 11) is 1.56. The van der Waals surface area contributed by atoms with Crippen molar-refractivity contribution in [3.63, 3.8) is 0 Å². The molecule has 6 heteroatoms. The molecule has 0 aromatic heterocycles. The molecule has 136 valence electrons. The Balaban J connectivity index is 1.57. The Hall–Kier alpha value is -2.76. The van der Waals surface area contributed by atoms with Crippen LogP contribution >= 0.6 is 23.4 Å². The maximum Gasteiger partial charge on any atom is 0.271 e. The van der Waals surface area contributed by atoms with E-state index in [9.17, 15) is 4.79 Å². The molecule has 0 radical (unpaired) electrons. The minimum Gasteiger partial charge on any atom is -0.497 e. The van der Waals surface area contributed by atoms with Crippen molar-refractivity contribution in [2.75, 3.05) is 7.11 Å². The van der Waals surface area contributed by atoms with Gasteiger partial charge in [-0.25, -0.2) is 5.43 Å². The van der Waals surface area contributed by atoms with Crippen molar-refractivity contribution in [2.45, 2.75) is 9.79 Å². The Morgan fingerprint density at radius 1 is 1.04 bits per heavy atom. The molecule has 0 heterocycles. The van der Waals surface area contributed by atoms with E-state index in [4.69, 9.17) is 16.3 Å². The first-order valence-corrected chi connectivity index (χ1v) is 9.34. The van der Waals surface area contributed by atoms with Crippen LogP contribution in [0.3, 0.4) is 0 Å². The Labute approximate surface area is 167 Å². The number of methoxy groups -OCH3 is 1. The smallest absolute Gasteiger partial charge is 0.271 e. The number of amides is 1. The van der Waals surface area contributed by atoms with Gasteiger partial charge in [0.1, 0.15) is 5.75 Å². The van der Waals surface area contributed by atoms with Gasteiger partial charge in [0.05, 0.1) is 13.3 Å². The van der Waals surface area contributed by atoms with E-state index in [0.717, 1.165) is 20.4 Å². The molecule has 0 saturated carbocycles. The van der Waals surface area contributed by atoms with E-state index in [-0.39, 0.29) is 5.91 Å². The van der Waals surface area contributed by atoms with Gasteiger partial charge in [0.25, 0.3) is 5.91 Å². The van der Waals surface area contributed by atoms with Crippen molar-refractivity contribution >= 4 is 35.5 Å². The van der Waals surface area contributed by atoms with Gasteiger partial charge in [0.15, 0.2) is 0 Å². The van der Waals surface area contributed by atoms with Crippen molar-refractivity contribution in [1.29, 1.82) is 0 Å². The van der Waals surface area contributed by atoms with E-state index in [1.54, 1.807) is 49.4 Å². The van der Waals surface area contributed by atoms with Crippen LogP contribution < -0.4 is 10.2 Å². The first kappa shape index (κ1) is 19.0. The zero-order valence-electron chi connectivity index (χ0n) is 14.6. The first-order chi connectivity index (χ1) is 13.1. The molecule has 4 nitrogen and oxygen atoms in total. The number of benzene rings is 3. The highest BCUT2D eigenvalue weighted by Crippen LogP contribution is 2.28. The molecule has 3 rings (SSSR count). The summed E-state index contributed by atoms with van der Waals surface area (Å²) in [5.41, 5.74) is 3.89. The third kappa shape index (κ3) is 5.61. The molecule has 3 aromatic carbocycles. The zero-order chi connectivity index (χ0) is 19.1. The molecular formula is C21H17ClN2O2S. The second-order valence-electron chi connectivity index (χ2n) is 5.56. The van der Waals surface area contributed by atoms with Crippen LogP contribution in [0.1, 0.15) is 15.9 Å². The molecule has 0 spiro atoms. The predicted octanol–water partition coefficient (Wildman–Crippen LogP) is 5.26. The molecular weight excluding hydrogens is 380 g/mol. The monoisotopic (exact) mass is 396 g/mol. The number of ether oxygens (including phenoxy) is 1. The van der Waals surface area contributed by atoms with Gasteiger partial charge in [-0.15, -0.1) is 0 Å². The van der Waals surface area contributed by atoms with Crippen molar-refractivity contribution in [2.24, 2.45) is 5.10 Å². The molecule has 0 fully saturated rings. The highest BCUT2D eigenvalue weighted by Gasteiger charge is 2.05. The van der Waals surface area contributed by atoms with E-state index in [1.165, 1.54) is 0 Å². The molecule has 3 aromatic rings. The fourth-order valence-electron chi connectivity index (χ4n) is 2.25. The lowest BCUT2D eigenvalue weighted by molar-refractivity contribution is 0.0955. The zero-order valence-corrected chi connectivity index (χ0v) is 16.1. The highest BCUT2D eigenvalue weighted by molar-refractivity contribution is 7.99. The number of nitrogens with zero attached hydrogens (tertiary/aromatic N) is 1. The number of nitrogens with one attached hydrogen (secondary N) is 1. The molecule has 0 bridgehead atoms. The maximum atomic E-state index is 12.1. The summed E-state index contributed by atoms with van der Waals surface area (Å²) < 4.78 is 5.11. The van der Waals surface area contributed by atoms with Crippen molar-refractivity contribution in [3.8, 4) is 5.75 Å². The summed E-state index contributed by atoms with van der Waals surface area (Å²) in [6, 6.07) is 22.5. The van der Waals surface area contributed by atoms with Gasteiger partial charge in [-0.05, 0) is 60.2 Å². The molecule has 0 aliphatic rings. The lowest BCUT2D eigenvalue weighted by Gasteiger charge is -2.03. The third-order valence-electron chi connectivity index (χ3n) is 3.64. The molecule has 27 heavy (non-hydrogen) atoms. The summed E-state index contributed by atoms with van der Waals surface area (Å²) >= 11 is 7.55. The fourth-order valence-corrected chi connectivity index (χ4v) is 3.20. The Morgan fingerprint density at radius 2 is 1.70 bits per heavy atom. The lowest BCUT2D eigenvalue weighted by Crippen LogP contribution is -2.17. The lowest BCUT2D eigenvalue weighted by atomic mass is 10.2. The van der Waals surface area contributed by atoms with Gasteiger partial charge in [-0.2, -0.15) is 5.10 Å². The fraction of sp³-hybridized carbons (Fsp3) is 0.0476. The Kier molecular flexibility index (Phi) is 6.52. The van der Waals surface area contributed by atoms with Crippen LogP contribution in [-0.4, -0.2) is 19.2 Å². The first-order valence-electron chi connectivity index (χ1n) is 8.15. The Morgan fingerprint density at radius 3 is 2.37 bits per heavy atom. The van der Waals surface area contributed by atoms with E-state index >= 15 is 0 Å². The quantitative estimate of drug-likeness (QED) is 0.456. The van der Waals surface area contributed by atoms with Crippen LogP contribution in [0.2, 0.25) is 5.02 Å². The molecule has 0 atom stereocenters. The number of carbonyl (C=O) groups excluding carboxylic acids is 1. The molecule has 0 saturated heterocycles. The van der Waals surface area contributed by atoms with Crippen LogP contribution in [0.25, 0.3) is 0 Å². The van der Waals surface area contributed by atoms with E-state index < -0.39 is 0 Å². The largest absolute Gasteiger partial charge is 0.497 e. The van der Waals surface area contributed by atoms with E-state index in [2.05, 4.69) is 10.5 Å². The van der Waals surface area contributed by atoms with E-state index in [1.807, 2.05) is 48.5 Å². The Bertz CT molecular complexity index is 941. The average molecular weight is 397 g/mol. The number of hydrogen-bond acceptors (Lipinski definition) is 4. The second kappa shape index (κ2) is 9.26. The van der Waals surface area contributed by atoms with Crippen molar-refractivity contribution in [1.82, 2.24) is 5.43 Å². The van der Waals surface area contributed by atoms with E-state index in [0.29, 0.717) is 11.3 Å². The summed E-state index contributed by atoms with van der Waals surface area (Å²) in [6.07, 6.45) is 1.61. The van der Waals surface area contributed by atoms with Crippen LogP contribution in [0, 0.1) is 0 Å². The van der Waals surface area contributed by atoms with Crippen LogP contribution in [0.4, 0.5) is 0 Å². The minimum absolute atomic E-state index is 0.292. The third-order valence-corrected chi connectivity index (χ3v) is 4.91. The molecule has 1 N–H and O–H groups in total. The average Bonchev–Trinajstić information content (AvgIpc) is 2.71. The second-order valence-corrected chi connectivity index (χ2v) is 7.14. The molecule has 0 unspecified atom stereocenters. The number of hydrogen-bond donors (Lipinski definition) is 1. The van der Waals surface area contributed by atoms with Gasteiger partial charge in [0, 0.05) is 20.4 Å². The van der Waals surface area contributed by atoms with Crippen LogP contribution in [-0.2, 0) is 0 Å². The van der Waals surface area contributed by atoms with Crippen molar-refractivity contribution in [3.05, 3.63) is 88.9 Å². The number of rotatable bonds is 6. The summed E-state index contributed by atoms with van der Waals surface area (Å²) in [6.45, 7) is 0. The van der Waals surface area contributed by atoms with Gasteiger partial charge in [-0.3, -0.25) is 4.79 Å². The molecule has 0 aliphatic heterocycles. The van der Waals surface area contributed by atoms with Crippen LogP contribution in [0.15, 0.2) is 87.7 Å². The van der Waals surface area contributed by atoms with Crippen molar-refractivity contribution < 1.29 is 9.53 Å². The minimum atomic E-state index is -0.292. The summed E-state index contributed by atoms with van der Waals surface area (Å²) in [5, 5.41) is 4.73. The molecule has 1 amide bonds. The number of halogens is 1. The number of hydrazone groups is 1. The SMILES string of the molecule is COc1cccc(C(=O)N/N=C\c2ccc(Sc3ccc(Cl)cc3)cc2)c1. The van der Waals surface area contributed by atoms with Crippen LogP contribution in [0.5, 0.6) is 5.75 Å².